The zero-order chi connectivity index (χ0) is 12.8. The molecule has 0 aliphatic carbocycles. The second kappa shape index (κ2) is 6.24. The van der Waals surface area contributed by atoms with Crippen LogP contribution in [0.2, 0.25) is 0 Å². The maximum Gasteiger partial charge on any atom is 0.338 e. The molecule has 0 aliphatic rings. The highest BCUT2D eigenvalue weighted by Crippen LogP contribution is 2.27. The summed E-state index contributed by atoms with van der Waals surface area (Å²) in [6.07, 6.45) is 1.90. The fraction of sp³-hybridized carbons (Fsp3) is 0.455. The molecule has 0 spiro atoms. The molecule has 0 saturated carbocycles. The Bertz CT molecular complexity index is 415. The maximum absolute atomic E-state index is 11.5. The number of hydrogen-bond donors (Lipinski definition) is 3. The summed E-state index contributed by atoms with van der Waals surface area (Å²) in [5.41, 5.74) is 0.137. The molecule has 0 fully saturated rings. The Morgan fingerprint density at radius 3 is 2.76 bits per heavy atom. The van der Waals surface area contributed by atoms with Crippen LogP contribution in [0.3, 0.4) is 0 Å². The minimum Gasteiger partial charge on any atom is -0.478 e. The number of carbonyl (C=O) groups excluding carboxylic acids is 1. The summed E-state index contributed by atoms with van der Waals surface area (Å²) in [6.45, 7) is 4.43. The first kappa shape index (κ1) is 13.5. The number of carboxylic acids is 1. The van der Waals surface area contributed by atoms with Crippen molar-refractivity contribution in [2.45, 2.75) is 26.7 Å². The van der Waals surface area contributed by atoms with Crippen molar-refractivity contribution >= 4 is 28.3 Å². The number of unbranched alkanes of at least 4 members (excludes halogenated alkanes) is 1. The van der Waals surface area contributed by atoms with Crippen LogP contribution >= 0.6 is 11.3 Å². The molecule has 2 amide bonds. The standard InChI is InChI=1S/C11H16N2O3S/c1-3-4-5-12-11(16)13-9-8(10(14)15)6-7(2)17-9/h6H,3-5H2,1-2H3,(H,14,15)(H2,12,13,16). The first-order chi connectivity index (χ1) is 8.04. The summed E-state index contributed by atoms with van der Waals surface area (Å²) in [7, 11) is 0. The third kappa shape index (κ3) is 4.07. The number of aromatic carboxylic acids is 1. The van der Waals surface area contributed by atoms with E-state index in [9.17, 15) is 9.59 Å². The smallest absolute Gasteiger partial charge is 0.338 e. The normalized spacial score (nSPS) is 10.0. The molecule has 0 radical (unpaired) electrons. The summed E-state index contributed by atoms with van der Waals surface area (Å²) in [5.74, 6) is -1.03. The van der Waals surface area contributed by atoms with E-state index in [1.807, 2.05) is 6.92 Å². The van der Waals surface area contributed by atoms with E-state index in [-0.39, 0.29) is 11.6 Å². The molecule has 3 N–H and O–H groups in total. The van der Waals surface area contributed by atoms with Crippen molar-refractivity contribution in [3.05, 3.63) is 16.5 Å². The lowest BCUT2D eigenvalue weighted by molar-refractivity contribution is 0.0698. The van der Waals surface area contributed by atoms with E-state index in [4.69, 9.17) is 5.11 Å². The van der Waals surface area contributed by atoms with Gasteiger partial charge in [0, 0.05) is 11.4 Å². The number of urea groups is 1. The zero-order valence-electron chi connectivity index (χ0n) is 9.87. The SMILES string of the molecule is CCCCNC(=O)Nc1sc(C)cc1C(=O)O. The van der Waals surface area contributed by atoms with Crippen molar-refractivity contribution < 1.29 is 14.7 Å². The van der Waals surface area contributed by atoms with Gasteiger partial charge in [-0.15, -0.1) is 11.3 Å². The van der Waals surface area contributed by atoms with Gasteiger partial charge in [-0.2, -0.15) is 0 Å². The van der Waals surface area contributed by atoms with Gasteiger partial charge in [-0.1, -0.05) is 13.3 Å². The van der Waals surface area contributed by atoms with Crippen LogP contribution in [0.4, 0.5) is 9.80 Å². The second-order valence-corrected chi connectivity index (χ2v) is 4.90. The maximum atomic E-state index is 11.5. The summed E-state index contributed by atoms with van der Waals surface area (Å²) in [6, 6.07) is 1.19. The molecule has 0 atom stereocenters. The van der Waals surface area contributed by atoms with Crippen molar-refractivity contribution in [1.29, 1.82) is 0 Å². The van der Waals surface area contributed by atoms with Crippen LogP contribution in [0.1, 0.15) is 35.0 Å². The van der Waals surface area contributed by atoms with E-state index in [1.165, 1.54) is 11.3 Å². The van der Waals surface area contributed by atoms with Gasteiger partial charge in [0.05, 0.1) is 5.56 Å². The van der Waals surface area contributed by atoms with Crippen molar-refractivity contribution in [2.24, 2.45) is 0 Å². The van der Waals surface area contributed by atoms with Gasteiger partial charge in [-0.25, -0.2) is 9.59 Å². The fourth-order valence-electron chi connectivity index (χ4n) is 1.29. The van der Waals surface area contributed by atoms with Crippen molar-refractivity contribution in [3.8, 4) is 0 Å². The molecule has 17 heavy (non-hydrogen) atoms. The molecule has 1 rings (SSSR count). The Balaban J connectivity index is 2.61. The molecule has 5 nitrogen and oxygen atoms in total. The first-order valence-corrected chi connectivity index (χ1v) is 6.24. The third-order valence-corrected chi connectivity index (χ3v) is 3.09. The minimum atomic E-state index is -1.03. The highest BCUT2D eigenvalue weighted by Gasteiger charge is 2.15. The first-order valence-electron chi connectivity index (χ1n) is 5.43. The van der Waals surface area contributed by atoms with Crippen LogP contribution in [0.15, 0.2) is 6.07 Å². The van der Waals surface area contributed by atoms with Crippen molar-refractivity contribution in [3.63, 3.8) is 0 Å². The monoisotopic (exact) mass is 256 g/mol. The zero-order valence-corrected chi connectivity index (χ0v) is 10.7. The Labute approximate surface area is 104 Å². The van der Waals surface area contributed by atoms with Gasteiger partial charge in [0.2, 0.25) is 0 Å². The molecular formula is C11H16N2O3S. The lowest BCUT2D eigenvalue weighted by Crippen LogP contribution is -2.29. The molecule has 0 unspecified atom stereocenters. The molecule has 0 bridgehead atoms. The third-order valence-electron chi connectivity index (χ3n) is 2.13. The van der Waals surface area contributed by atoms with E-state index in [2.05, 4.69) is 10.6 Å². The summed E-state index contributed by atoms with van der Waals surface area (Å²) in [4.78, 5) is 23.2. The molecule has 6 heteroatoms. The molecule has 0 aromatic carbocycles. The van der Waals surface area contributed by atoms with Crippen molar-refractivity contribution in [2.75, 3.05) is 11.9 Å². The average Bonchev–Trinajstić information content (AvgIpc) is 2.60. The van der Waals surface area contributed by atoms with Crippen LogP contribution in [-0.4, -0.2) is 23.7 Å². The summed E-state index contributed by atoms with van der Waals surface area (Å²) in [5, 5.41) is 14.6. The van der Waals surface area contributed by atoms with Crippen molar-refractivity contribution in [1.82, 2.24) is 5.32 Å². The number of carboxylic acid groups (broad SMARTS) is 1. The lowest BCUT2D eigenvalue weighted by Gasteiger charge is -2.05. The number of aryl methyl sites for hydroxylation is 1. The van der Waals surface area contributed by atoms with Crippen LogP contribution in [0.25, 0.3) is 0 Å². The Kier molecular flexibility index (Phi) is 4.96. The molecule has 1 heterocycles. The van der Waals surface area contributed by atoms with E-state index >= 15 is 0 Å². The van der Waals surface area contributed by atoms with Crippen LogP contribution in [0.5, 0.6) is 0 Å². The van der Waals surface area contributed by atoms with Crippen LogP contribution in [-0.2, 0) is 0 Å². The summed E-state index contributed by atoms with van der Waals surface area (Å²) < 4.78 is 0. The fourth-order valence-corrected chi connectivity index (χ4v) is 2.19. The number of rotatable bonds is 5. The molecule has 0 saturated heterocycles. The van der Waals surface area contributed by atoms with Gasteiger partial charge in [0.15, 0.2) is 0 Å². The quantitative estimate of drug-likeness (QED) is 0.709. The number of thiophene rings is 1. The van der Waals surface area contributed by atoms with Gasteiger partial charge in [-0.05, 0) is 19.4 Å². The predicted octanol–water partition coefficient (Wildman–Crippen LogP) is 2.68. The van der Waals surface area contributed by atoms with Gasteiger partial charge >= 0.3 is 12.0 Å². The summed E-state index contributed by atoms with van der Waals surface area (Å²) >= 11 is 1.26. The second-order valence-electron chi connectivity index (χ2n) is 3.64. The van der Waals surface area contributed by atoms with E-state index in [1.54, 1.807) is 13.0 Å². The molecule has 0 aliphatic heterocycles. The predicted molar refractivity (Wildman–Crippen MR) is 67.9 cm³/mol. The van der Waals surface area contributed by atoms with Gasteiger partial charge < -0.3 is 10.4 Å². The van der Waals surface area contributed by atoms with E-state index in [0.29, 0.717) is 11.5 Å². The number of hydrogen-bond acceptors (Lipinski definition) is 3. The topological polar surface area (TPSA) is 78.4 Å². The average molecular weight is 256 g/mol. The number of nitrogens with one attached hydrogen (secondary N) is 2. The molecular weight excluding hydrogens is 240 g/mol. The Morgan fingerprint density at radius 2 is 2.18 bits per heavy atom. The van der Waals surface area contributed by atoms with Gasteiger partial charge in [-0.3, -0.25) is 5.32 Å². The Morgan fingerprint density at radius 1 is 1.47 bits per heavy atom. The number of amides is 2. The largest absolute Gasteiger partial charge is 0.478 e. The highest BCUT2D eigenvalue weighted by atomic mass is 32.1. The molecule has 94 valence electrons. The lowest BCUT2D eigenvalue weighted by atomic mass is 10.3. The molecule has 1 aromatic heterocycles. The van der Waals surface area contributed by atoms with Crippen LogP contribution in [0, 0.1) is 6.92 Å². The van der Waals surface area contributed by atoms with E-state index < -0.39 is 5.97 Å². The minimum absolute atomic E-state index is 0.137. The van der Waals surface area contributed by atoms with Crippen LogP contribution < -0.4 is 10.6 Å². The molecule has 1 aromatic rings. The van der Waals surface area contributed by atoms with Gasteiger partial charge in [0.1, 0.15) is 5.00 Å². The number of carbonyl (C=O) groups is 2. The number of anilines is 1. The van der Waals surface area contributed by atoms with E-state index in [0.717, 1.165) is 17.7 Å². The Hall–Kier alpha value is -1.56. The van der Waals surface area contributed by atoms with Gasteiger partial charge in [0.25, 0.3) is 0 Å². The highest BCUT2D eigenvalue weighted by molar-refractivity contribution is 7.16.